The van der Waals surface area contributed by atoms with Crippen molar-refractivity contribution in [3.8, 4) is 0 Å². The molecule has 0 spiro atoms. The first kappa shape index (κ1) is 9.55. The van der Waals surface area contributed by atoms with Gasteiger partial charge in [-0.2, -0.15) is 13.2 Å². The van der Waals surface area contributed by atoms with E-state index in [1.54, 1.807) is 0 Å². The number of hydrogen-bond donors (Lipinski definition) is 0. The standard InChI is InChI=1S/C8H11F3O/c9-8(10,11)7-3-1-2-6(4-7)5-12/h5-7H,1-4H2/t6-,7-/m0/s1. The summed E-state index contributed by atoms with van der Waals surface area (Å²) in [5, 5.41) is 0. The summed E-state index contributed by atoms with van der Waals surface area (Å²) in [4.78, 5) is 10.3. The number of alkyl halides is 3. The van der Waals surface area contributed by atoms with E-state index in [4.69, 9.17) is 0 Å². The van der Waals surface area contributed by atoms with E-state index < -0.39 is 12.1 Å². The average Bonchev–Trinajstić information content (AvgIpc) is 2.03. The number of aldehydes is 1. The smallest absolute Gasteiger partial charge is 0.303 e. The number of rotatable bonds is 1. The third-order valence-electron chi connectivity index (χ3n) is 2.37. The fraction of sp³-hybridized carbons (Fsp3) is 0.875. The van der Waals surface area contributed by atoms with Crippen molar-refractivity contribution in [2.45, 2.75) is 31.9 Å². The molecule has 0 bridgehead atoms. The molecule has 0 aromatic heterocycles. The molecule has 0 aliphatic heterocycles. The molecule has 0 aromatic carbocycles. The van der Waals surface area contributed by atoms with Gasteiger partial charge in [0.25, 0.3) is 0 Å². The van der Waals surface area contributed by atoms with E-state index in [1.165, 1.54) is 0 Å². The largest absolute Gasteiger partial charge is 0.391 e. The normalized spacial score (nSPS) is 31.6. The summed E-state index contributed by atoms with van der Waals surface area (Å²) < 4.78 is 36.4. The fourth-order valence-electron chi connectivity index (χ4n) is 1.65. The number of hydrogen-bond acceptors (Lipinski definition) is 1. The zero-order valence-corrected chi connectivity index (χ0v) is 6.60. The van der Waals surface area contributed by atoms with Crippen LogP contribution in [0.15, 0.2) is 0 Å². The minimum absolute atomic E-state index is 0.00694. The zero-order valence-electron chi connectivity index (χ0n) is 6.60. The minimum atomic E-state index is -4.11. The molecule has 1 nitrogen and oxygen atoms in total. The van der Waals surface area contributed by atoms with Crippen LogP contribution in [0.3, 0.4) is 0 Å². The molecule has 0 unspecified atom stereocenters. The highest BCUT2D eigenvalue weighted by atomic mass is 19.4. The highest BCUT2D eigenvalue weighted by molar-refractivity contribution is 5.53. The molecule has 0 saturated heterocycles. The van der Waals surface area contributed by atoms with Crippen molar-refractivity contribution in [1.29, 1.82) is 0 Å². The number of carbonyl (C=O) groups is 1. The van der Waals surface area contributed by atoms with Crippen molar-refractivity contribution in [3.63, 3.8) is 0 Å². The van der Waals surface area contributed by atoms with Crippen LogP contribution in [-0.2, 0) is 4.79 Å². The highest BCUT2D eigenvalue weighted by Crippen LogP contribution is 2.39. The zero-order chi connectivity index (χ0) is 9.19. The van der Waals surface area contributed by atoms with Crippen molar-refractivity contribution < 1.29 is 18.0 Å². The predicted octanol–water partition coefficient (Wildman–Crippen LogP) is 2.55. The molecular weight excluding hydrogens is 169 g/mol. The molecule has 1 aliphatic carbocycles. The molecule has 4 heteroatoms. The monoisotopic (exact) mass is 180 g/mol. The van der Waals surface area contributed by atoms with Gasteiger partial charge in [0, 0.05) is 5.92 Å². The Labute approximate surface area is 68.9 Å². The van der Waals surface area contributed by atoms with Gasteiger partial charge in [0.05, 0.1) is 5.92 Å². The van der Waals surface area contributed by atoms with Crippen LogP contribution in [0.4, 0.5) is 13.2 Å². The van der Waals surface area contributed by atoms with E-state index in [9.17, 15) is 18.0 Å². The van der Waals surface area contributed by atoms with E-state index in [-0.39, 0.29) is 18.8 Å². The van der Waals surface area contributed by atoms with Crippen molar-refractivity contribution >= 4 is 6.29 Å². The molecule has 70 valence electrons. The van der Waals surface area contributed by atoms with Crippen LogP contribution < -0.4 is 0 Å². The van der Waals surface area contributed by atoms with Crippen molar-refractivity contribution in [2.24, 2.45) is 11.8 Å². The average molecular weight is 180 g/mol. The van der Waals surface area contributed by atoms with Crippen LogP contribution in [0, 0.1) is 11.8 Å². The highest BCUT2D eigenvalue weighted by Gasteiger charge is 2.41. The summed E-state index contributed by atoms with van der Waals surface area (Å²) in [6.45, 7) is 0. The Bertz CT molecular complexity index is 164. The minimum Gasteiger partial charge on any atom is -0.303 e. The van der Waals surface area contributed by atoms with E-state index >= 15 is 0 Å². The predicted molar refractivity (Wildman–Crippen MR) is 37.6 cm³/mol. The maximum atomic E-state index is 12.1. The van der Waals surface area contributed by atoms with Gasteiger partial charge in [-0.05, 0) is 19.3 Å². The maximum absolute atomic E-state index is 12.1. The van der Waals surface area contributed by atoms with Crippen LogP contribution in [0.1, 0.15) is 25.7 Å². The lowest BCUT2D eigenvalue weighted by atomic mass is 9.82. The van der Waals surface area contributed by atoms with Gasteiger partial charge in [0.15, 0.2) is 0 Å². The summed E-state index contributed by atoms with van der Waals surface area (Å²) >= 11 is 0. The molecule has 12 heavy (non-hydrogen) atoms. The summed E-state index contributed by atoms with van der Waals surface area (Å²) in [6.07, 6.45) is -2.13. The van der Waals surface area contributed by atoms with Gasteiger partial charge in [-0.15, -0.1) is 0 Å². The van der Waals surface area contributed by atoms with E-state index in [0.717, 1.165) is 0 Å². The van der Waals surface area contributed by atoms with Gasteiger partial charge in [-0.3, -0.25) is 0 Å². The Morgan fingerprint density at radius 1 is 1.25 bits per heavy atom. The van der Waals surface area contributed by atoms with Gasteiger partial charge in [-0.25, -0.2) is 0 Å². The second kappa shape index (κ2) is 3.46. The lowest BCUT2D eigenvalue weighted by Gasteiger charge is -2.27. The van der Waals surface area contributed by atoms with Crippen LogP contribution in [0.2, 0.25) is 0 Å². The Morgan fingerprint density at radius 2 is 1.92 bits per heavy atom. The lowest BCUT2D eigenvalue weighted by Crippen LogP contribution is -2.29. The molecule has 0 amide bonds. The summed E-state index contributed by atoms with van der Waals surface area (Å²) in [5.74, 6) is -1.62. The Morgan fingerprint density at radius 3 is 2.42 bits per heavy atom. The number of halogens is 3. The first-order chi connectivity index (χ1) is 5.54. The molecule has 2 atom stereocenters. The quantitative estimate of drug-likeness (QED) is 0.567. The fourth-order valence-corrected chi connectivity index (χ4v) is 1.65. The van der Waals surface area contributed by atoms with Gasteiger partial charge in [0.2, 0.25) is 0 Å². The molecular formula is C8H11F3O. The molecule has 1 rings (SSSR count). The van der Waals surface area contributed by atoms with Crippen molar-refractivity contribution in [3.05, 3.63) is 0 Å². The summed E-state index contributed by atoms with van der Waals surface area (Å²) in [7, 11) is 0. The third-order valence-corrected chi connectivity index (χ3v) is 2.37. The second-order valence-electron chi connectivity index (χ2n) is 3.30. The Balaban J connectivity index is 2.51. The first-order valence-electron chi connectivity index (χ1n) is 4.06. The second-order valence-corrected chi connectivity index (χ2v) is 3.30. The van der Waals surface area contributed by atoms with Gasteiger partial charge >= 0.3 is 6.18 Å². The number of carbonyl (C=O) groups excluding carboxylic acids is 1. The summed E-state index contributed by atoms with van der Waals surface area (Å²) in [6, 6.07) is 0. The van der Waals surface area contributed by atoms with E-state index in [0.29, 0.717) is 19.1 Å². The Kier molecular flexibility index (Phi) is 2.75. The maximum Gasteiger partial charge on any atom is 0.391 e. The topological polar surface area (TPSA) is 17.1 Å². The third kappa shape index (κ3) is 2.22. The van der Waals surface area contributed by atoms with Crippen molar-refractivity contribution in [1.82, 2.24) is 0 Å². The van der Waals surface area contributed by atoms with Crippen LogP contribution in [-0.4, -0.2) is 12.5 Å². The molecule has 0 heterocycles. The molecule has 1 saturated carbocycles. The SMILES string of the molecule is O=C[C@H]1CCC[C@H](C(F)(F)F)C1. The molecule has 0 aromatic rings. The molecule has 0 N–H and O–H groups in total. The first-order valence-corrected chi connectivity index (χ1v) is 4.06. The van der Waals surface area contributed by atoms with Gasteiger partial charge < -0.3 is 4.79 Å². The van der Waals surface area contributed by atoms with Crippen LogP contribution >= 0.6 is 0 Å². The van der Waals surface area contributed by atoms with Crippen molar-refractivity contribution in [2.75, 3.05) is 0 Å². The van der Waals surface area contributed by atoms with Crippen LogP contribution in [0.5, 0.6) is 0 Å². The molecule has 1 fully saturated rings. The Hall–Kier alpha value is -0.540. The van der Waals surface area contributed by atoms with Crippen LogP contribution in [0.25, 0.3) is 0 Å². The van der Waals surface area contributed by atoms with Gasteiger partial charge in [0.1, 0.15) is 6.29 Å². The summed E-state index contributed by atoms with van der Waals surface area (Å²) in [5.41, 5.74) is 0. The van der Waals surface area contributed by atoms with E-state index in [1.807, 2.05) is 0 Å². The van der Waals surface area contributed by atoms with Gasteiger partial charge in [-0.1, -0.05) is 6.42 Å². The lowest BCUT2D eigenvalue weighted by molar-refractivity contribution is -0.185. The molecule has 0 radical (unpaired) electrons. The van der Waals surface area contributed by atoms with E-state index in [2.05, 4.69) is 0 Å². The molecule has 1 aliphatic rings.